The van der Waals surface area contributed by atoms with E-state index in [1.807, 2.05) is 0 Å². The van der Waals surface area contributed by atoms with Crippen molar-refractivity contribution < 1.29 is 18.2 Å². The molecule has 0 saturated heterocycles. The van der Waals surface area contributed by atoms with E-state index in [0.29, 0.717) is 0 Å². The van der Waals surface area contributed by atoms with E-state index in [1.54, 1.807) is 12.1 Å². The van der Waals surface area contributed by atoms with Crippen molar-refractivity contribution >= 4 is 73.4 Å². The third-order valence-corrected chi connectivity index (χ3v) is 1.79. The fraction of sp³-hybridized carbons (Fsp3) is 0. The van der Waals surface area contributed by atoms with Crippen molar-refractivity contribution in [1.82, 2.24) is 0 Å². The van der Waals surface area contributed by atoms with Gasteiger partial charge in [-0.25, -0.2) is 9.59 Å². The molecule has 0 amide bonds. The summed E-state index contributed by atoms with van der Waals surface area (Å²) in [7, 11) is 0. The molecule has 1 aromatic rings. The first-order valence-corrected chi connectivity index (χ1v) is 4.07. The molecule has 0 aromatic heterocycles. The van der Waals surface area contributed by atoms with Crippen LogP contribution in [0.2, 0.25) is 0 Å². The van der Waals surface area contributed by atoms with E-state index >= 15 is 0 Å². The molecule has 2 radical (unpaired) electrons. The molecule has 0 saturated carbocycles. The topological polar surface area (TPSA) is 52.6 Å². The van der Waals surface area contributed by atoms with Gasteiger partial charge in [-0.15, -0.1) is 0 Å². The zero-order valence-corrected chi connectivity index (χ0v) is 11.1. The number of carbonyl (C=O) groups excluding carboxylic acids is 2. The molecule has 1 rings (SSSR count). The minimum Gasteiger partial charge on any atom is -0.343 e. The van der Waals surface area contributed by atoms with Gasteiger partial charge < -0.3 is 8.58 Å². The molecule has 0 heterocycles. The van der Waals surface area contributed by atoms with Crippen molar-refractivity contribution in [2.45, 2.75) is 0 Å². The summed E-state index contributed by atoms with van der Waals surface area (Å²) in [5.41, 5.74) is -0.0127. The van der Waals surface area contributed by atoms with E-state index in [-0.39, 0.29) is 48.9 Å². The monoisotopic (exact) mass is 274 g/mol. The number of carbonyl (C=O) groups is 2. The average Bonchev–Trinajstić information content (AvgIpc) is 2.27. The molecule has 0 N–H and O–H groups in total. The molecule has 4 nitrogen and oxygen atoms in total. The summed E-state index contributed by atoms with van der Waals surface area (Å²) >= 11 is 9.74. The number of halogens is 2. The maximum absolute atomic E-state index is 11.0. The van der Waals surface area contributed by atoms with Crippen LogP contribution < -0.4 is 0 Å². The van der Waals surface area contributed by atoms with Gasteiger partial charge in [0.25, 0.3) is 0 Å². The van der Waals surface area contributed by atoms with Crippen LogP contribution in [0.15, 0.2) is 24.3 Å². The molecule has 0 bridgehead atoms. The van der Waals surface area contributed by atoms with Gasteiger partial charge in [-0.3, -0.25) is 0 Å². The van der Waals surface area contributed by atoms with Gasteiger partial charge in [0.1, 0.15) is 23.7 Å². The van der Waals surface area contributed by atoms with Gasteiger partial charge in [0.15, 0.2) is 0 Å². The van der Waals surface area contributed by atoms with Crippen LogP contribution in [-0.2, 0) is 8.58 Å². The Balaban J connectivity index is 0.00000196. The van der Waals surface area contributed by atoms with E-state index in [4.69, 9.17) is 23.7 Å². The molecular formula is C8H4CaCl2O4. The summed E-state index contributed by atoms with van der Waals surface area (Å²) in [6, 6.07) is 5.84. The van der Waals surface area contributed by atoms with Crippen LogP contribution in [0.5, 0.6) is 0 Å². The van der Waals surface area contributed by atoms with Gasteiger partial charge in [-0.2, -0.15) is 0 Å². The molecule has 76 valence electrons. The van der Waals surface area contributed by atoms with Gasteiger partial charge in [-0.1, -0.05) is 12.1 Å². The molecule has 15 heavy (non-hydrogen) atoms. The summed E-state index contributed by atoms with van der Waals surface area (Å²) in [6.45, 7) is 0. The second-order valence-electron chi connectivity index (χ2n) is 2.27. The van der Waals surface area contributed by atoms with Crippen LogP contribution in [-0.4, -0.2) is 49.7 Å². The minimum absolute atomic E-state index is 0. The van der Waals surface area contributed by atoms with Crippen molar-refractivity contribution in [3.63, 3.8) is 0 Å². The fourth-order valence-corrected chi connectivity index (χ4v) is 1.09. The Morgan fingerprint density at radius 3 is 1.53 bits per heavy atom. The Labute approximate surface area is 126 Å². The minimum atomic E-state index is -0.843. The zero-order valence-electron chi connectivity index (χ0n) is 7.41. The first-order chi connectivity index (χ1) is 6.70. The SMILES string of the molecule is O=C(OCl)c1ccccc1C(=O)OCl.[Ca]. The quantitative estimate of drug-likeness (QED) is 0.774. The molecular weight excluding hydrogens is 271 g/mol. The second kappa shape index (κ2) is 7.30. The molecule has 7 heteroatoms. The second-order valence-corrected chi connectivity index (χ2v) is 2.58. The predicted octanol–water partition coefficient (Wildman–Crippen LogP) is 1.93. The Hall–Kier alpha value is -0.000260. The van der Waals surface area contributed by atoms with Crippen LogP contribution in [0, 0.1) is 0 Å². The van der Waals surface area contributed by atoms with Gasteiger partial charge >= 0.3 is 11.9 Å². The van der Waals surface area contributed by atoms with Crippen LogP contribution in [0.1, 0.15) is 20.7 Å². The third kappa shape index (κ3) is 3.81. The summed E-state index contributed by atoms with van der Waals surface area (Å²) in [6.07, 6.45) is 0. The van der Waals surface area contributed by atoms with E-state index in [0.717, 1.165) is 0 Å². The summed E-state index contributed by atoms with van der Waals surface area (Å²) in [5, 5.41) is 0. The zero-order chi connectivity index (χ0) is 10.6. The Morgan fingerprint density at radius 1 is 0.933 bits per heavy atom. The normalized spacial score (nSPS) is 8.67. The molecule has 0 aliphatic heterocycles. The molecule has 0 fully saturated rings. The van der Waals surface area contributed by atoms with E-state index in [9.17, 15) is 9.59 Å². The largest absolute Gasteiger partial charge is 0.357 e. The summed E-state index contributed by atoms with van der Waals surface area (Å²) in [4.78, 5) is 22.1. The van der Waals surface area contributed by atoms with E-state index in [2.05, 4.69) is 8.58 Å². The predicted molar refractivity (Wildman–Crippen MR) is 54.7 cm³/mol. The van der Waals surface area contributed by atoms with Gasteiger partial charge in [0.05, 0.1) is 11.1 Å². The average molecular weight is 275 g/mol. The first-order valence-electron chi connectivity index (χ1n) is 3.45. The van der Waals surface area contributed by atoms with Crippen LogP contribution in [0.4, 0.5) is 0 Å². The molecule has 0 aliphatic rings. The molecule has 0 aliphatic carbocycles. The Bertz CT molecular complexity index is 334. The van der Waals surface area contributed by atoms with Crippen molar-refractivity contribution in [1.29, 1.82) is 0 Å². The molecule has 0 spiro atoms. The van der Waals surface area contributed by atoms with Gasteiger partial charge in [-0.05, 0) is 12.1 Å². The van der Waals surface area contributed by atoms with E-state index in [1.165, 1.54) is 12.1 Å². The molecule has 0 atom stereocenters. The first kappa shape index (κ1) is 15.0. The summed E-state index contributed by atoms with van der Waals surface area (Å²) in [5.74, 6) is -1.69. The smallest absolute Gasteiger partial charge is 0.343 e. The fourth-order valence-electron chi connectivity index (χ4n) is 0.922. The van der Waals surface area contributed by atoms with Crippen LogP contribution in [0.25, 0.3) is 0 Å². The van der Waals surface area contributed by atoms with Crippen molar-refractivity contribution in [2.24, 2.45) is 0 Å². The number of hydrogen-bond acceptors (Lipinski definition) is 4. The number of rotatable bonds is 2. The van der Waals surface area contributed by atoms with Crippen LogP contribution in [0.3, 0.4) is 0 Å². The van der Waals surface area contributed by atoms with Crippen molar-refractivity contribution in [3.05, 3.63) is 35.4 Å². The van der Waals surface area contributed by atoms with Gasteiger partial charge in [0.2, 0.25) is 0 Å². The molecule has 0 unspecified atom stereocenters. The number of hydrogen-bond donors (Lipinski definition) is 0. The van der Waals surface area contributed by atoms with Gasteiger partial charge in [0, 0.05) is 37.7 Å². The maximum Gasteiger partial charge on any atom is 0.357 e. The van der Waals surface area contributed by atoms with E-state index < -0.39 is 11.9 Å². The standard InChI is InChI=1S/C8H4Cl2O4.Ca/c9-13-7(11)5-3-1-2-4-6(5)8(12)14-10;/h1-4H;. The Kier molecular flexibility index (Phi) is 7.30. The van der Waals surface area contributed by atoms with Crippen molar-refractivity contribution in [3.8, 4) is 0 Å². The maximum atomic E-state index is 11.0. The number of benzene rings is 1. The summed E-state index contributed by atoms with van der Waals surface area (Å²) < 4.78 is 7.91. The van der Waals surface area contributed by atoms with Crippen LogP contribution >= 0.6 is 23.7 Å². The molecule has 1 aromatic carbocycles. The van der Waals surface area contributed by atoms with Crippen molar-refractivity contribution in [2.75, 3.05) is 0 Å². The Morgan fingerprint density at radius 2 is 1.27 bits per heavy atom. The third-order valence-electron chi connectivity index (χ3n) is 1.51.